The first kappa shape index (κ1) is 21.6. The number of nitrogens with zero attached hydrogens (tertiary/aromatic N) is 1. The summed E-state index contributed by atoms with van der Waals surface area (Å²) in [7, 11) is -3.81. The number of benzene rings is 2. The molecule has 1 amide bonds. The third-order valence-electron chi connectivity index (χ3n) is 3.91. The molecule has 0 aliphatic heterocycles. The third kappa shape index (κ3) is 5.64. The zero-order valence-corrected chi connectivity index (χ0v) is 17.3. The van der Waals surface area contributed by atoms with Crippen LogP contribution in [0.2, 0.25) is 0 Å². The van der Waals surface area contributed by atoms with Crippen LogP contribution in [0.5, 0.6) is 5.75 Å². The molecule has 0 fully saturated rings. The first-order valence-corrected chi connectivity index (χ1v) is 10.3. The Morgan fingerprint density at radius 2 is 1.79 bits per heavy atom. The molecule has 28 heavy (non-hydrogen) atoms. The van der Waals surface area contributed by atoms with Crippen molar-refractivity contribution in [3.8, 4) is 5.75 Å². The van der Waals surface area contributed by atoms with E-state index in [1.54, 1.807) is 38.1 Å². The Hall–Kier alpha value is -2.71. The molecule has 0 spiro atoms. The van der Waals surface area contributed by atoms with E-state index in [0.717, 1.165) is 5.56 Å². The highest BCUT2D eigenvalue weighted by Gasteiger charge is 2.20. The van der Waals surface area contributed by atoms with Crippen LogP contribution in [-0.2, 0) is 14.8 Å². The van der Waals surface area contributed by atoms with Crippen molar-refractivity contribution in [3.63, 3.8) is 0 Å². The lowest BCUT2D eigenvalue weighted by Crippen LogP contribution is -2.35. The lowest BCUT2D eigenvalue weighted by molar-refractivity contribution is -0.119. The molecule has 2 aromatic rings. The average molecular weight is 404 g/mol. The summed E-state index contributed by atoms with van der Waals surface area (Å²) in [6.07, 6.45) is 1.45. The summed E-state index contributed by atoms with van der Waals surface area (Å²) in [6, 6.07) is 10.8. The molecule has 0 saturated heterocycles. The first-order chi connectivity index (χ1) is 13.2. The lowest BCUT2D eigenvalue weighted by Gasteiger charge is -2.12. The normalized spacial score (nSPS) is 11.6. The zero-order chi connectivity index (χ0) is 20.7. The molecule has 7 nitrogen and oxygen atoms in total. The van der Waals surface area contributed by atoms with Crippen molar-refractivity contribution >= 4 is 22.1 Å². The van der Waals surface area contributed by atoms with E-state index in [4.69, 9.17) is 4.74 Å². The maximum Gasteiger partial charge on any atom is 0.255 e. The van der Waals surface area contributed by atoms with Crippen LogP contribution >= 0.6 is 0 Å². The van der Waals surface area contributed by atoms with Gasteiger partial charge in [-0.15, -0.1) is 0 Å². The maximum absolute atomic E-state index is 12.6. The highest BCUT2D eigenvalue weighted by Crippen LogP contribution is 2.21. The van der Waals surface area contributed by atoms with Gasteiger partial charge >= 0.3 is 0 Å². The number of nitrogens with one attached hydrogen (secondary N) is 2. The molecule has 2 N–H and O–H groups in total. The van der Waals surface area contributed by atoms with E-state index in [1.807, 2.05) is 26.0 Å². The Kier molecular flexibility index (Phi) is 7.31. The lowest BCUT2D eigenvalue weighted by atomic mass is 10.1. The van der Waals surface area contributed by atoms with Crippen LogP contribution in [0.15, 0.2) is 46.4 Å². The van der Waals surface area contributed by atoms with E-state index in [-0.39, 0.29) is 4.90 Å². The topological polar surface area (TPSA) is 96.9 Å². The van der Waals surface area contributed by atoms with Gasteiger partial charge in [-0.25, -0.2) is 18.6 Å². The van der Waals surface area contributed by atoms with Gasteiger partial charge in [0, 0.05) is 5.56 Å². The number of amides is 1. The zero-order valence-electron chi connectivity index (χ0n) is 16.4. The van der Waals surface area contributed by atoms with Gasteiger partial charge in [0.2, 0.25) is 10.0 Å². The van der Waals surface area contributed by atoms with Gasteiger partial charge < -0.3 is 4.74 Å². The average Bonchev–Trinajstić information content (AvgIpc) is 2.60. The Bertz CT molecular complexity index is 962. The summed E-state index contributed by atoms with van der Waals surface area (Å²) in [6.45, 7) is 7.33. The highest BCUT2D eigenvalue weighted by atomic mass is 32.2. The molecule has 0 atom stereocenters. The number of hydrogen-bond acceptors (Lipinski definition) is 5. The summed E-state index contributed by atoms with van der Waals surface area (Å²) in [5, 5.41) is 3.87. The molecule has 0 unspecified atom stereocenters. The SMILES string of the molecule is CCOc1ccccc1/C=N\NC(=O)CNS(=O)(=O)c1c(C)cc(C)cc1C. The van der Waals surface area contributed by atoms with Crippen LogP contribution in [0.1, 0.15) is 29.2 Å². The van der Waals surface area contributed by atoms with Gasteiger partial charge in [0.05, 0.1) is 24.3 Å². The van der Waals surface area contributed by atoms with Crippen LogP contribution in [0.4, 0.5) is 0 Å². The molecule has 0 aliphatic rings. The second-order valence-electron chi connectivity index (χ2n) is 6.32. The number of sulfonamides is 1. The molecule has 0 aromatic heterocycles. The van der Waals surface area contributed by atoms with E-state index >= 15 is 0 Å². The number of carbonyl (C=O) groups is 1. The summed E-state index contributed by atoms with van der Waals surface area (Å²) in [5.41, 5.74) is 5.27. The molecular weight excluding hydrogens is 378 g/mol. The first-order valence-electron chi connectivity index (χ1n) is 8.86. The second kappa shape index (κ2) is 9.48. The highest BCUT2D eigenvalue weighted by molar-refractivity contribution is 7.89. The van der Waals surface area contributed by atoms with Crippen molar-refractivity contribution < 1.29 is 17.9 Å². The molecule has 0 bridgehead atoms. The number of carbonyl (C=O) groups excluding carboxylic acids is 1. The summed E-state index contributed by atoms with van der Waals surface area (Å²) >= 11 is 0. The molecule has 8 heteroatoms. The molecule has 0 saturated carbocycles. The molecule has 0 heterocycles. The number of hydrazone groups is 1. The summed E-state index contributed by atoms with van der Waals surface area (Å²) < 4.78 is 32.9. The van der Waals surface area contributed by atoms with Gasteiger partial charge in [0.1, 0.15) is 5.75 Å². The Labute approximate surface area is 165 Å². The predicted octanol–water partition coefficient (Wildman–Crippen LogP) is 2.44. The second-order valence-corrected chi connectivity index (χ2v) is 8.02. The fraction of sp³-hybridized carbons (Fsp3) is 0.300. The van der Waals surface area contributed by atoms with Crippen molar-refractivity contribution in [1.29, 1.82) is 0 Å². The largest absolute Gasteiger partial charge is 0.493 e. The van der Waals surface area contributed by atoms with Crippen LogP contribution in [-0.4, -0.2) is 33.7 Å². The number of para-hydroxylation sites is 1. The quantitative estimate of drug-likeness (QED) is 0.523. The van der Waals surface area contributed by atoms with Crippen LogP contribution in [0.3, 0.4) is 0 Å². The maximum atomic E-state index is 12.6. The van der Waals surface area contributed by atoms with Crippen molar-refractivity contribution in [2.75, 3.05) is 13.2 Å². The molecule has 150 valence electrons. The Morgan fingerprint density at radius 1 is 1.14 bits per heavy atom. The molecule has 2 aromatic carbocycles. The van der Waals surface area contributed by atoms with Crippen molar-refractivity contribution in [1.82, 2.24) is 10.1 Å². The Balaban J connectivity index is 1.99. The Morgan fingerprint density at radius 3 is 2.43 bits per heavy atom. The van der Waals surface area contributed by atoms with E-state index in [9.17, 15) is 13.2 Å². The van der Waals surface area contributed by atoms with Crippen LogP contribution in [0.25, 0.3) is 0 Å². The van der Waals surface area contributed by atoms with E-state index < -0.39 is 22.5 Å². The van der Waals surface area contributed by atoms with Gasteiger partial charge in [-0.3, -0.25) is 4.79 Å². The monoisotopic (exact) mass is 403 g/mol. The summed E-state index contributed by atoms with van der Waals surface area (Å²) in [4.78, 5) is 12.2. The van der Waals surface area contributed by atoms with Crippen molar-refractivity contribution in [3.05, 3.63) is 58.7 Å². The van der Waals surface area contributed by atoms with Gasteiger partial charge in [-0.2, -0.15) is 5.10 Å². The van der Waals surface area contributed by atoms with Gasteiger partial charge in [-0.1, -0.05) is 29.8 Å². The third-order valence-corrected chi connectivity index (χ3v) is 5.61. The number of hydrogen-bond donors (Lipinski definition) is 2. The smallest absolute Gasteiger partial charge is 0.255 e. The van der Waals surface area contributed by atoms with E-state index in [0.29, 0.717) is 29.0 Å². The van der Waals surface area contributed by atoms with Crippen LogP contribution in [0, 0.1) is 20.8 Å². The number of rotatable bonds is 8. The summed E-state index contributed by atoms with van der Waals surface area (Å²) in [5.74, 6) is 0.0742. The van der Waals surface area contributed by atoms with Crippen LogP contribution < -0.4 is 14.9 Å². The van der Waals surface area contributed by atoms with Gasteiger partial charge in [-0.05, 0) is 51.0 Å². The van der Waals surface area contributed by atoms with Gasteiger partial charge in [0.25, 0.3) is 5.91 Å². The fourth-order valence-electron chi connectivity index (χ4n) is 2.91. The molecule has 2 rings (SSSR count). The molecule has 0 radical (unpaired) electrons. The predicted molar refractivity (Wildman–Crippen MR) is 109 cm³/mol. The van der Waals surface area contributed by atoms with Gasteiger partial charge in [0.15, 0.2) is 0 Å². The minimum atomic E-state index is -3.81. The minimum absolute atomic E-state index is 0.194. The van der Waals surface area contributed by atoms with Crippen molar-refractivity contribution in [2.45, 2.75) is 32.6 Å². The van der Waals surface area contributed by atoms with Crippen molar-refractivity contribution in [2.24, 2.45) is 5.10 Å². The van der Waals surface area contributed by atoms with E-state index in [1.165, 1.54) is 6.21 Å². The number of aryl methyl sites for hydroxylation is 3. The standard InChI is InChI=1S/C20H25N3O4S/c1-5-27-18-9-7-6-8-17(18)12-21-23-19(24)13-22-28(25,26)20-15(3)10-14(2)11-16(20)4/h6-12,22H,5,13H2,1-4H3,(H,23,24)/b21-12-. The molecular formula is C20H25N3O4S. The fourth-order valence-corrected chi connectivity index (χ4v) is 4.34. The molecule has 0 aliphatic carbocycles. The number of ether oxygens (including phenoxy) is 1. The minimum Gasteiger partial charge on any atom is -0.493 e. The van der Waals surface area contributed by atoms with E-state index in [2.05, 4.69) is 15.2 Å².